The normalized spacial score (nSPS) is 10.1. The summed E-state index contributed by atoms with van der Waals surface area (Å²) in [6.45, 7) is 0.997. The number of halogens is 3. The second-order valence-corrected chi connectivity index (χ2v) is 4.22. The SMILES string of the molecule is C=C(Br)CNC(=O)c1ccc(OC(F)F)cc1. The van der Waals surface area contributed by atoms with Crippen LogP contribution < -0.4 is 10.1 Å². The number of ether oxygens (including phenoxy) is 1. The zero-order valence-electron chi connectivity index (χ0n) is 8.75. The van der Waals surface area contributed by atoms with Crippen LogP contribution in [0.2, 0.25) is 0 Å². The van der Waals surface area contributed by atoms with Gasteiger partial charge in [0, 0.05) is 16.6 Å². The molecule has 0 aliphatic heterocycles. The summed E-state index contributed by atoms with van der Waals surface area (Å²) in [5.41, 5.74) is 0.361. The van der Waals surface area contributed by atoms with Crippen LogP contribution in [0.5, 0.6) is 5.75 Å². The maximum absolute atomic E-state index is 11.9. The fraction of sp³-hybridized carbons (Fsp3) is 0.182. The second kappa shape index (κ2) is 6.34. The van der Waals surface area contributed by atoms with E-state index in [1.807, 2.05) is 0 Å². The van der Waals surface area contributed by atoms with Crippen LogP contribution in [-0.2, 0) is 0 Å². The highest BCUT2D eigenvalue weighted by molar-refractivity contribution is 9.11. The van der Waals surface area contributed by atoms with Crippen molar-refractivity contribution in [2.45, 2.75) is 6.61 Å². The topological polar surface area (TPSA) is 38.3 Å². The van der Waals surface area contributed by atoms with Crippen LogP contribution in [0.1, 0.15) is 10.4 Å². The summed E-state index contributed by atoms with van der Waals surface area (Å²) >= 11 is 3.10. The van der Waals surface area contributed by atoms with Gasteiger partial charge in [0.15, 0.2) is 0 Å². The average molecular weight is 306 g/mol. The molecule has 1 rings (SSSR count). The van der Waals surface area contributed by atoms with Crippen molar-refractivity contribution in [1.82, 2.24) is 5.32 Å². The van der Waals surface area contributed by atoms with Crippen molar-refractivity contribution in [2.75, 3.05) is 6.54 Å². The predicted octanol–water partition coefficient (Wildman–Crippen LogP) is 2.93. The summed E-state index contributed by atoms with van der Waals surface area (Å²) in [7, 11) is 0. The zero-order chi connectivity index (χ0) is 12.8. The van der Waals surface area contributed by atoms with Gasteiger partial charge in [-0.3, -0.25) is 4.79 Å². The number of amides is 1. The Balaban J connectivity index is 2.60. The average Bonchev–Trinajstić information content (AvgIpc) is 2.26. The molecule has 1 N–H and O–H groups in total. The molecule has 0 aromatic heterocycles. The van der Waals surface area contributed by atoms with Crippen LogP contribution >= 0.6 is 15.9 Å². The molecule has 0 spiro atoms. The van der Waals surface area contributed by atoms with Gasteiger partial charge in [0.2, 0.25) is 0 Å². The number of nitrogens with one attached hydrogen (secondary N) is 1. The molecule has 1 aromatic carbocycles. The maximum Gasteiger partial charge on any atom is 0.387 e. The Bertz CT molecular complexity index is 406. The number of hydrogen-bond donors (Lipinski definition) is 1. The number of benzene rings is 1. The lowest BCUT2D eigenvalue weighted by Crippen LogP contribution is -2.24. The first-order valence-corrected chi connectivity index (χ1v) is 5.44. The predicted molar refractivity (Wildman–Crippen MR) is 63.5 cm³/mol. The van der Waals surface area contributed by atoms with Crippen molar-refractivity contribution in [2.24, 2.45) is 0 Å². The van der Waals surface area contributed by atoms with Crippen molar-refractivity contribution < 1.29 is 18.3 Å². The van der Waals surface area contributed by atoms with Crippen molar-refractivity contribution in [1.29, 1.82) is 0 Å². The van der Waals surface area contributed by atoms with Gasteiger partial charge >= 0.3 is 6.61 Å². The summed E-state index contributed by atoms with van der Waals surface area (Å²) in [6, 6.07) is 5.43. The Labute approximate surface area is 106 Å². The van der Waals surface area contributed by atoms with Crippen LogP contribution in [0, 0.1) is 0 Å². The molecule has 1 aromatic rings. The van der Waals surface area contributed by atoms with Gasteiger partial charge in [0.25, 0.3) is 5.91 Å². The zero-order valence-corrected chi connectivity index (χ0v) is 10.3. The van der Waals surface area contributed by atoms with Gasteiger partial charge in [-0.25, -0.2) is 0 Å². The molecule has 0 heterocycles. The van der Waals surface area contributed by atoms with E-state index in [1.54, 1.807) is 0 Å². The monoisotopic (exact) mass is 305 g/mol. The third kappa shape index (κ3) is 4.95. The number of carbonyl (C=O) groups is 1. The summed E-state index contributed by atoms with van der Waals surface area (Å²) in [6.07, 6.45) is 0. The minimum Gasteiger partial charge on any atom is -0.435 e. The van der Waals surface area contributed by atoms with E-state index in [4.69, 9.17) is 0 Å². The van der Waals surface area contributed by atoms with Gasteiger partial charge in [-0.15, -0.1) is 0 Å². The van der Waals surface area contributed by atoms with Crippen LogP contribution in [-0.4, -0.2) is 19.1 Å². The fourth-order valence-electron chi connectivity index (χ4n) is 1.07. The van der Waals surface area contributed by atoms with E-state index in [9.17, 15) is 13.6 Å². The summed E-state index contributed by atoms with van der Waals surface area (Å²) in [5.74, 6) is -0.296. The standard InChI is InChI=1S/C11H10BrF2NO2/c1-7(12)6-15-10(16)8-2-4-9(5-3-8)17-11(13)14/h2-5,11H,1,6H2,(H,15,16). The van der Waals surface area contributed by atoms with Crippen LogP contribution in [0.25, 0.3) is 0 Å². The Morgan fingerprint density at radius 3 is 2.47 bits per heavy atom. The van der Waals surface area contributed by atoms with Crippen molar-refractivity contribution in [3.05, 3.63) is 40.9 Å². The van der Waals surface area contributed by atoms with Crippen molar-refractivity contribution >= 4 is 21.8 Å². The van der Waals surface area contributed by atoms with Crippen LogP contribution in [0.3, 0.4) is 0 Å². The number of carbonyl (C=O) groups excluding carboxylic acids is 1. The second-order valence-electron chi connectivity index (χ2n) is 3.10. The molecule has 1 amide bonds. The lowest BCUT2D eigenvalue weighted by Gasteiger charge is -2.06. The Morgan fingerprint density at radius 1 is 1.41 bits per heavy atom. The van der Waals surface area contributed by atoms with Gasteiger partial charge < -0.3 is 10.1 Å². The molecule has 0 saturated heterocycles. The van der Waals surface area contributed by atoms with E-state index in [2.05, 4.69) is 32.6 Å². The molecule has 0 aliphatic carbocycles. The number of rotatable bonds is 5. The summed E-state index contributed by atoms with van der Waals surface area (Å²) < 4.78 is 28.5. The first-order chi connectivity index (χ1) is 7.99. The molecule has 0 atom stereocenters. The maximum atomic E-state index is 11.9. The van der Waals surface area contributed by atoms with Gasteiger partial charge in [-0.1, -0.05) is 22.5 Å². The highest BCUT2D eigenvalue weighted by Gasteiger charge is 2.07. The third-order valence-corrected chi connectivity index (χ3v) is 2.06. The Morgan fingerprint density at radius 2 is 2.00 bits per heavy atom. The molecule has 0 aliphatic rings. The van der Waals surface area contributed by atoms with Gasteiger partial charge in [-0.2, -0.15) is 8.78 Å². The van der Waals surface area contributed by atoms with E-state index in [0.29, 0.717) is 16.6 Å². The van der Waals surface area contributed by atoms with E-state index < -0.39 is 6.61 Å². The highest BCUT2D eigenvalue weighted by atomic mass is 79.9. The molecule has 0 bridgehead atoms. The minimum atomic E-state index is -2.87. The molecule has 17 heavy (non-hydrogen) atoms. The third-order valence-electron chi connectivity index (χ3n) is 1.78. The molecular formula is C11H10BrF2NO2. The largest absolute Gasteiger partial charge is 0.435 e. The quantitative estimate of drug-likeness (QED) is 0.908. The smallest absolute Gasteiger partial charge is 0.387 e. The van der Waals surface area contributed by atoms with Crippen molar-refractivity contribution in [3.63, 3.8) is 0 Å². The molecule has 3 nitrogen and oxygen atoms in total. The molecule has 0 saturated carbocycles. The van der Waals surface area contributed by atoms with E-state index in [1.165, 1.54) is 24.3 Å². The van der Waals surface area contributed by atoms with Crippen LogP contribution in [0.4, 0.5) is 8.78 Å². The fourth-order valence-corrected chi connectivity index (χ4v) is 1.21. The molecule has 6 heteroatoms. The molecule has 0 radical (unpaired) electrons. The first kappa shape index (κ1) is 13.6. The Hall–Kier alpha value is -1.43. The van der Waals surface area contributed by atoms with Gasteiger partial charge in [0.05, 0.1) is 0 Å². The van der Waals surface area contributed by atoms with E-state index in [0.717, 1.165) is 0 Å². The first-order valence-electron chi connectivity index (χ1n) is 4.65. The van der Waals surface area contributed by atoms with Gasteiger partial charge in [-0.05, 0) is 24.3 Å². The lowest BCUT2D eigenvalue weighted by molar-refractivity contribution is -0.0498. The number of hydrogen-bond acceptors (Lipinski definition) is 2. The molecule has 92 valence electrons. The minimum absolute atomic E-state index is 0.0152. The highest BCUT2D eigenvalue weighted by Crippen LogP contribution is 2.14. The summed E-state index contributed by atoms with van der Waals surface area (Å²) in [4.78, 5) is 11.5. The molecular weight excluding hydrogens is 296 g/mol. The summed E-state index contributed by atoms with van der Waals surface area (Å²) in [5, 5.41) is 2.58. The number of alkyl halides is 2. The van der Waals surface area contributed by atoms with Gasteiger partial charge in [0.1, 0.15) is 5.75 Å². The molecule has 0 unspecified atom stereocenters. The van der Waals surface area contributed by atoms with Crippen LogP contribution in [0.15, 0.2) is 35.3 Å². The van der Waals surface area contributed by atoms with E-state index in [-0.39, 0.29) is 11.7 Å². The van der Waals surface area contributed by atoms with Crippen molar-refractivity contribution in [3.8, 4) is 5.75 Å². The Kier molecular flexibility index (Phi) is 5.09. The lowest BCUT2D eigenvalue weighted by atomic mass is 10.2. The van der Waals surface area contributed by atoms with E-state index >= 15 is 0 Å². The molecule has 0 fully saturated rings.